The molecule has 2 N–H and O–H groups in total. The summed E-state index contributed by atoms with van der Waals surface area (Å²) in [6.45, 7) is 2.40. The number of esters is 1. The van der Waals surface area contributed by atoms with E-state index in [0.717, 1.165) is 25.7 Å². The van der Waals surface area contributed by atoms with Crippen LogP contribution in [-0.2, 0) is 4.74 Å². The Kier molecular flexibility index (Phi) is 7.79. The van der Waals surface area contributed by atoms with Gasteiger partial charge in [-0.3, -0.25) is 10.1 Å². The van der Waals surface area contributed by atoms with Gasteiger partial charge in [0.1, 0.15) is 11.9 Å². The molecule has 30 heavy (non-hydrogen) atoms. The van der Waals surface area contributed by atoms with Gasteiger partial charge in [-0.25, -0.2) is 4.79 Å². The van der Waals surface area contributed by atoms with E-state index in [-0.39, 0.29) is 23.1 Å². The Bertz CT molecular complexity index is 892. The molecule has 0 aliphatic heterocycles. The molecule has 0 aromatic heterocycles. The summed E-state index contributed by atoms with van der Waals surface area (Å²) in [6.07, 6.45) is 5.33. The van der Waals surface area contributed by atoms with Crippen LogP contribution in [0.15, 0.2) is 48.5 Å². The van der Waals surface area contributed by atoms with E-state index < -0.39 is 0 Å². The van der Waals surface area contributed by atoms with Gasteiger partial charge in [-0.05, 0) is 87.3 Å². The second-order valence-corrected chi connectivity index (χ2v) is 7.52. The van der Waals surface area contributed by atoms with E-state index in [1.54, 1.807) is 48.5 Å². The highest BCUT2D eigenvalue weighted by atomic mass is 32.1. The first-order valence-electron chi connectivity index (χ1n) is 10.2. The summed E-state index contributed by atoms with van der Waals surface area (Å²) in [5.74, 6) is -0.0139. The van der Waals surface area contributed by atoms with Gasteiger partial charge < -0.3 is 14.8 Å². The van der Waals surface area contributed by atoms with Gasteiger partial charge in [-0.1, -0.05) is 12.5 Å². The molecule has 0 radical (unpaired) electrons. The third-order valence-electron chi connectivity index (χ3n) is 4.84. The fourth-order valence-electron chi connectivity index (χ4n) is 3.32. The zero-order valence-corrected chi connectivity index (χ0v) is 17.8. The molecule has 1 saturated carbocycles. The number of anilines is 1. The van der Waals surface area contributed by atoms with Gasteiger partial charge in [0.2, 0.25) is 0 Å². The second-order valence-electron chi connectivity index (χ2n) is 7.11. The van der Waals surface area contributed by atoms with Crippen molar-refractivity contribution in [2.24, 2.45) is 0 Å². The molecule has 1 fully saturated rings. The van der Waals surface area contributed by atoms with Gasteiger partial charge in [-0.15, -0.1) is 0 Å². The number of hydrogen-bond donors (Lipinski definition) is 2. The highest BCUT2D eigenvalue weighted by Gasteiger charge is 2.18. The van der Waals surface area contributed by atoms with E-state index >= 15 is 0 Å². The number of carbonyl (C=O) groups excluding carboxylic acids is 2. The van der Waals surface area contributed by atoms with E-state index in [1.807, 2.05) is 6.92 Å². The van der Waals surface area contributed by atoms with Crippen molar-refractivity contribution in [2.45, 2.75) is 45.1 Å². The van der Waals surface area contributed by atoms with Crippen molar-refractivity contribution in [1.29, 1.82) is 0 Å². The lowest BCUT2D eigenvalue weighted by molar-refractivity contribution is 0.0211. The summed E-state index contributed by atoms with van der Waals surface area (Å²) in [5, 5.41) is 5.75. The van der Waals surface area contributed by atoms with Crippen molar-refractivity contribution in [3.63, 3.8) is 0 Å². The molecule has 0 spiro atoms. The van der Waals surface area contributed by atoms with Crippen LogP contribution >= 0.6 is 12.2 Å². The fourth-order valence-corrected chi connectivity index (χ4v) is 3.53. The minimum atomic E-state index is -0.332. The summed E-state index contributed by atoms with van der Waals surface area (Å²) in [6, 6.07) is 13.7. The first kappa shape index (κ1) is 21.8. The summed E-state index contributed by atoms with van der Waals surface area (Å²) < 4.78 is 11.0. The van der Waals surface area contributed by atoms with E-state index in [9.17, 15) is 9.59 Å². The lowest BCUT2D eigenvalue weighted by atomic mass is 9.98. The molecular formula is C23H26N2O4S. The smallest absolute Gasteiger partial charge is 0.338 e. The molecule has 6 nitrogen and oxygen atoms in total. The lowest BCUT2D eigenvalue weighted by Gasteiger charge is -2.21. The minimum absolute atomic E-state index is 0.0214. The van der Waals surface area contributed by atoms with E-state index in [4.69, 9.17) is 21.7 Å². The molecule has 0 heterocycles. The number of ether oxygens (including phenoxy) is 2. The molecule has 0 atom stereocenters. The Morgan fingerprint density at radius 1 is 1.03 bits per heavy atom. The van der Waals surface area contributed by atoms with E-state index in [0.29, 0.717) is 29.2 Å². The predicted molar refractivity (Wildman–Crippen MR) is 120 cm³/mol. The van der Waals surface area contributed by atoms with E-state index in [1.165, 1.54) is 6.42 Å². The van der Waals surface area contributed by atoms with Crippen LogP contribution < -0.4 is 15.4 Å². The SMILES string of the molecule is CCOc1cccc(C(=O)NC(=S)Nc2ccc(C(=O)OC3CCCCC3)cc2)c1. The Morgan fingerprint density at radius 2 is 1.77 bits per heavy atom. The van der Waals surface area contributed by atoms with Crippen LogP contribution in [0.5, 0.6) is 5.75 Å². The Hall–Kier alpha value is -2.93. The number of carbonyl (C=O) groups is 2. The highest BCUT2D eigenvalue weighted by molar-refractivity contribution is 7.80. The topological polar surface area (TPSA) is 76.7 Å². The summed E-state index contributed by atoms with van der Waals surface area (Å²) in [5.41, 5.74) is 1.61. The molecule has 2 aromatic rings. The van der Waals surface area contributed by atoms with Crippen LogP contribution in [0.25, 0.3) is 0 Å². The molecule has 1 aliphatic carbocycles. The third kappa shape index (κ3) is 6.29. The molecule has 158 valence electrons. The lowest BCUT2D eigenvalue weighted by Crippen LogP contribution is -2.34. The Morgan fingerprint density at radius 3 is 2.47 bits per heavy atom. The molecule has 1 aliphatic rings. The van der Waals surface area contributed by atoms with Crippen LogP contribution in [0.4, 0.5) is 5.69 Å². The third-order valence-corrected chi connectivity index (χ3v) is 5.04. The van der Waals surface area contributed by atoms with Crippen LogP contribution in [0.2, 0.25) is 0 Å². The Balaban J connectivity index is 1.52. The van der Waals surface area contributed by atoms with Gasteiger partial charge in [0.15, 0.2) is 5.11 Å². The number of amides is 1. The number of rotatable bonds is 6. The van der Waals surface area contributed by atoms with Gasteiger partial charge in [0.25, 0.3) is 5.91 Å². The largest absolute Gasteiger partial charge is 0.494 e. The maximum atomic E-state index is 12.4. The van der Waals surface area contributed by atoms with Crippen molar-refractivity contribution in [2.75, 3.05) is 11.9 Å². The molecule has 1 amide bonds. The minimum Gasteiger partial charge on any atom is -0.494 e. The zero-order valence-electron chi connectivity index (χ0n) is 17.0. The first-order chi connectivity index (χ1) is 14.5. The monoisotopic (exact) mass is 426 g/mol. The molecule has 0 bridgehead atoms. The van der Waals surface area contributed by atoms with Crippen molar-refractivity contribution in [3.05, 3.63) is 59.7 Å². The highest BCUT2D eigenvalue weighted by Crippen LogP contribution is 2.22. The predicted octanol–water partition coefficient (Wildman–Crippen LogP) is 4.70. The molecule has 0 unspecified atom stereocenters. The first-order valence-corrected chi connectivity index (χ1v) is 10.6. The maximum absolute atomic E-state index is 12.4. The Labute approximate surface area is 182 Å². The van der Waals surface area contributed by atoms with Crippen LogP contribution in [0.1, 0.15) is 59.7 Å². The number of thiocarbonyl (C=S) groups is 1. The van der Waals surface area contributed by atoms with Crippen LogP contribution in [-0.4, -0.2) is 29.7 Å². The van der Waals surface area contributed by atoms with Crippen LogP contribution in [0.3, 0.4) is 0 Å². The summed E-state index contributed by atoms with van der Waals surface area (Å²) >= 11 is 5.22. The van der Waals surface area contributed by atoms with Crippen molar-refractivity contribution in [3.8, 4) is 5.75 Å². The second kappa shape index (κ2) is 10.7. The van der Waals surface area contributed by atoms with Crippen LogP contribution in [0, 0.1) is 0 Å². The number of nitrogens with one attached hydrogen (secondary N) is 2. The zero-order chi connectivity index (χ0) is 21.3. The molecule has 7 heteroatoms. The van der Waals surface area contributed by atoms with Gasteiger partial charge >= 0.3 is 5.97 Å². The van der Waals surface area contributed by atoms with Gasteiger partial charge in [-0.2, -0.15) is 0 Å². The van der Waals surface area contributed by atoms with Crippen molar-refractivity contribution < 1.29 is 19.1 Å². The van der Waals surface area contributed by atoms with Gasteiger partial charge in [0, 0.05) is 11.3 Å². The molecule has 3 rings (SSSR count). The number of benzene rings is 2. The van der Waals surface area contributed by atoms with E-state index in [2.05, 4.69) is 10.6 Å². The van der Waals surface area contributed by atoms with Gasteiger partial charge in [0.05, 0.1) is 12.2 Å². The maximum Gasteiger partial charge on any atom is 0.338 e. The molecular weight excluding hydrogens is 400 g/mol. The number of hydrogen-bond acceptors (Lipinski definition) is 5. The quantitative estimate of drug-likeness (QED) is 0.515. The average Bonchev–Trinajstić information content (AvgIpc) is 2.75. The standard InChI is InChI=1S/C23H26N2O4S/c1-2-28-20-10-6-7-17(15-20)21(26)25-23(30)24-18-13-11-16(12-14-18)22(27)29-19-8-4-3-5-9-19/h6-7,10-15,19H,2-5,8-9H2,1H3,(H2,24,25,26,30). The summed E-state index contributed by atoms with van der Waals surface area (Å²) in [7, 11) is 0. The average molecular weight is 427 g/mol. The normalized spacial score (nSPS) is 13.9. The summed E-state index contributed by atoms with van der Waals surface area (Å²) in [4.78, 5) is 24.7. The van der Waals surface area contributed by atoms with Crippen molar-refractivity contribution in [1.82, 2.24) is 5.32 Å². The molecule has 2 aromatic carbocycles. The van der Waals surface area contributed by atoms with Crippen molar-refractivity contribution >= 4 is 34.9 Å². The molecule has 0 saturated heterocycles. The fraction of sp³-hybridized carbons (Fsp3) is 0.348.